The minimum atomic E-state index is -0.768. The largest absolute Gasteiger partial charge is 0.468 e. The molecule has 3 aromatic rings. The molecule has 0 radical (unpaired) electrons. The number of fused-ring (bicyclic) bond motifs is 1. The molecular weight excluding hydrogens is 286 g/mol. The van der Waals surface area contributed by atoms with E-state index in [0.717, 1.165) is 21.6 Å². The summed E-state index contributed by atoms with van der Waals surface area (Å²) in [5.41, 5.74) is 1.70. The van der Waals surface area contributed by atoms with E-state index in [4.69, 9.17) is 4.74 Å². The van der Waals surface area contributed by atoms with E-state index in [0.29, 0.717) is 5.69 Å². The second-order valence-corrected chi connectivity index (χ2v) is 6.13. The van der Waals surface area contributed by atoms with Crippen LogP contribution in [0.1, 0.15) is 19.5 Å². The fraction of sp³-hybridized carbons (Fsp3) is 0.267. The number of nitrogens with zero attached hydrogens (tertiary/aromatic N) is 2. The number of H-pyrrole nitrogens is 1. The van der Waals surface area contributed by atoms with Gasteiger partial charge in [-0.3, -0.25) is 9.89 Å². The Morgan fingerprint density at radius 3 is 2.86 bits per heavy atom. The second kappa shape index (κ2) is 4.96. The lowest BCUT2D eigenvalue weighted by Crippen LogP contribution is -2.30. The summed E-state index contributed by atoms with van der Waals surface area (Å²) in [5, 5.41) is 11.0. The summed E-state index contributed by atoms with van der Waals surface area (Å²) in [5.74, 6) is -0.300. The highest BCUT2D eigenvalue weighted by molar-refractivity contribution is 7.13. The molecule has 21 heavy (non-hydrogen) atoms. The van der Waals surface area contributed by atoms with Crippen LogP contribution in [0.5, 0.6) is 0 Å². The molecule has 0 atom stereocenters. The van der Waals surface area contributed by atoms with E-state index in [-0.39, 0.29) is 5.97 Å². The zero-order valence-electron chi connectivity index (χ0n) is 12.0. The first-order valence-electron chi connectivity index (χ1n) is 6.52. The first-order chi connectivity index (χ1) is 10.0. The van der Waals surface area contributed by atoms with Crippen LogP contribution in [-0.2, 0) is 14.9 Å². The average Bonchev–Trinajstić information content (AvgIpc) is 3.12. The van der Waals surface area contributed by atoms with Crippen molar-refractivity contribution in [2.45, 2.75) is 19.3 Å². The normalized spacial score (nSPS) is 11.8. The van der Waals surface area contributed by atoms with Gasteiger partial charge in [0.2, 0.25) is 0 Å². The van der Waals surface area contributed by atoms with Gasteiger partial charge in [0.1, 0.15) is 16.1 Å². The van der Waals surface area contributed by atoms with Crippen LogP contribution in [0.25, 0.3) is 21.6 Å². The number of aromatic nitrogens is 3. The van der Waals surface area contributed by atoms with Gasteiger partial charge < -0.3 is 4.74 Å². The number of rotatable bonds is 3. The van der Waals surface area contributed by atoms with Crippen LogP contribution >= 0.6 is 11.3 Å². The van der Waals surface area contributed by atoms with Crippen LogP contribution in [0.4, 0.5) is 0 Å². The number of benzene rings is 1. The summed E-state index contributed by atoms with van der Waals surface area (Å²) < 4.78 is 4.84. The molecule has 0 amide bonds. The molecule has 0 spiro atoms. The monoisotopic (exact) mass is 301 g/mol. The summed E-state index contributed by atoms with van der Waals surface area (Å²) in [7, 11) is 1.39. The Balaban J connectivity index is 2.04. The molecule has 0 unspecified atom stereocenters. The van der Waals surface area contributed by atoms with Crippen LogP contribution in [0.2, 0.25) is 0 Å². The van der Waals surface area contributed by atoms with Crippen LogP contribution in [0.15, 0.2) is 29.6 Å². The number of hydrogen-bond donors (Lipinski definition) is 1. The molecular formula is C15H15N3O2S. The lowest BCUT2D eigenvalue weighted by atomic mass is 9.90. The Morgan fingerprint density at radius 1 is 1.33 bits per heavy atom. The summed E-state index contributed by atoms with van der Waals surface area (Å²) in [4.78, 5) is 16.4. The SMILES string of the molecule is COC(=O)C(C)(C)c1csc(-c2n[nH]c3ccccc23)n1. The van der Waals surface area contributed by atoms with Gasteiger partial charge in [0.05, 0.1) is 18.3 Å². The minimum Gasteiger partial charge on any atom is -0.468 e. The van der Waals surface area contributed by atoms with Crippen molar-refractivity contribution in [3.8, 4) is 10.7 Å². The van der Waals surface area contributed by atoms with Crippen molar-refractivity contribution >= 4 is 28.2 Å². The maximum absolute atomic E-state index is 11.9. The number of hydrogen-bond acceptors (Lipinski definition) is 5. The first kappa shape index (κ1) is 13.8. The molecule has 6 heteroatoms. The molecule has 0 aliphatic heterocycles. The van der Waals surface area contributed by atoms with Gasteiger partial charge >= 0.3 is 5.97 Å². The fourth-order valence-electron chi connectivity index (χ4n) is 2.16. The highest BCUT2D eigenvalue weighted by Crippen LogP contribution is 2.33. The van der Waals surface area contributed by atoms with Crippen molar-refractivity contribution < 1.29 is 9.53 Å². The molecule has 108 valence electrons. The first-order valence-corrected chi connectivity index (χ1v) is 7.40. The lowest BCUT2D eigenvalue weighted by molar-refractivity contribution is -0.146. The van der Waals surface area contributed by atoms with E-state index in [1.54, 1.807) is 13.8 Å². The summed E-state index contributed by atoms with van der Waals surface area (Å²) in [6.07, 6.45) is 0. The van der Waals surface area contributed by atoms with Gasteiger partial charge in [-0.05, 0) is 19.9 Å². The van der Waals surface area contributed by atoms with Gasteiger partial charge in [0.25, 0.3) is 0 Å². The molecule has 5 nitrogen and oxygen atoms in total. The van der Waals surface area contributed by atoms with Gasteiger partial charge in [-0.15, -0.1) is 11.3 Å². The van der Waals surface area contributed by atoms with E-state index in [9.17, 15) is 4.79 Å². The molecule has 1 N–H and O–H groups in total. The van der Waals surface area contributed by atoms with E-state index in [1.165, 1.54) is 18.4 Å². The number of aromatic amines is 1. The summed E-state index contributed by atoms with van der Waals surface area (Å²) >= 11 is 1.48. The maximum atomic E-state index is 11.9. The van der Waals surface area contributed by atoms with Crippen molar-refractivity contribution in [1.29, 1.82) is 0 Å². The quantitative estimate of drug-likeness (QED) is 0.755. The number of ether oxygens (including phenoxy) is 1. The van der Waals surface area contributed by atoms with Crippen LogP contribution < -0.4 is 0 Å². The Bertz CT molecular complexity index is 804. The smallest absolute Gasteiger partial charge is 0.317 e. The summed E-state index contributed by atoms with van der Waals surface area (Å²) in [6.45, 7) is 3.61. The predicted octanol–water partition coefficient (Wildman–Crippen LogP) is 3.14. The molecule has 2 aromatic heterocycles. The zero-order chi connectivity index (χ0) is 15.0. The maximum Gasteiger partial charge on any atom is 0.317 e. The number of carbonyl (C=O) groups excluding carboxylic acids is 1. The van der Waals surface area contributed by atoms with Gasteiger partial charge in [-0.1, -0.05) is 18.2 Å². The van der Waals surface area contributed by atoms with Crippen molar-refractivity contribution in [3.63, 3.8) is 0 Å². The highest BCUT2D eigenvalue weighted by atomic mass is 32.1. The average molecular weight is 301 g/mol. The van der Waals surface area contributed by atoms with Crippen molar-refractivity contribution in [3.05, 3.63) is 35.3 Å². The highest BCUT2D eigenvalue weighted by Gasteiger charge is 2.33. The lowest BCUT2D eigenvalue weighted by Gasteiger charge is -2.18. The van der Waals surface area contributed by atoms with E-state index >= 15 is 0 Å². The molecule has 0 aliphatic rings. The van der Waals surface area contributed by atoms with E-state index < -0.39 is 5.41 Å². The number of para-hydroxylation sites is 1. The van der Waals surface area contributed by atoms with Crippen molar-refractivity contribution in [1.82, 2.24) is 15.2 Å². The van der Waals surface area contributed by atoms with Gasteiger partial charge in [0, 0.05) is 10.8 Å². The second-order valence-electron chi connectivity index (χ2n) is 5.27. The Labute approximate surface area is 126 Å². The van der Waals surface area contributed by atoms with Crippen molar-refractivity contribution in [2.24, 2.45) is 0 Å². The molecule has 0 aliphatic carbocycles. The van der Waals surface area contributed by atoms with Crippen LogP contribution in [0, 0.1) is 0 Å². The fourth-order valence-corrected chi connectivity index (χ4v) is 3.14. The number of methoxy groups -OCH3 is 1. The number of nitrogens with one attached hydrogen (secondary N) is 1. The number of esters is 1. The molecule has 0 saturated carbocycles. The molecule has 1 aromatic carbocycles. The Morgan fingerprint density at radius 2 is 2.10 bits per heavy atom. The van der Waals surface area contributed by atoms with Crippen LogP contribution in [-0.4, -0.2) is 28.3 Å². The standard InChI is InChI=1S/C15H15N3O2S/c1-15(2,14(19)20-3)11-8-21-13(16-11)12-9-6-4-5-7-10(9)17-18-12/h4-8H,1-3H3,(H,17,18). The van der Waals surface area contributed by atoms with Crippen LogP contribution in [0.3, 0.4) is 0 Å². The Hall–Kier alpha value is -2.21. The molecule has 0 fully saturated rings. The predicted molar refractivity (Wildman–Crippen MR) is 82.2 cm³/mol. The van der Waals surface area contributed by atoms with E-state index in [1.807, 2.05) is 29.6 Å². The third-order valence-corrected chi connectivity index (χ3v) is 4.36. The third-order valence-electron chi connectivity index (χ3n) is 3.51. The molecule has 2 heterocycles. The number of carbonyl (C=O) groups is 1. The molecule has 0 saturated heterocycles. The molecule has 3 rings (SSSR count). The van der Waals surface area contributed by atoms with E-state index in [2.05, 4.69) is 15.2 Å². The third kappa shape index (κ3) is 2.21. The Kier molecular flexibility index (Phi) is 3.25. The topological polar surface area (TPSA) is 67.9 Å². The van der Waals surface area contributed by atoms with Gasteiger partial charge in [0.15, 0.2) is 0 Å². The summed E-state index contributed by atoms with van der Waals surface area (Å²) in [6, 6.07) is 7.89. The van der Waals surface area contributed by atoms with Gasteiger partial charge in [-0.2, -0.15) is 5.10 Å². The van der Waals surface area contributed by atoms with Crippen molar-refractivity contribution in [2.75, 3.05) is 7.11 Å². The minimum absolute atomic E-state index is 0.300. The van der Waals surface area contributed by atoms with Gasteiger partial charge in [-0.25, -0.2) is 4.98 Å². The zero-order valence-corrected chi connectivity index (χ0v) is 12.8. The number of thiazole rings is 1. The molecule has 0 bridgehead atoms.